The molecule has 0 bridgehead atoms. The van der Waals surface area contributed by atoms with Gasteiger partial charge in [-0.1, -0.05) is 23.9 Å². The van der Waals surface area contributed by atoms with Crippen molar-refractivity contribution in [1.29, 1.82) is 0 Å². The first kappa shape index (κ1) is 15.3. The lowest BCUT2D eigenvalue weighted by atomic mass is 10.3. The van der Waals surface area contributed by atoms with E-state index in [-0.39, 0.29) is 17.5 Å². The zero-order chi connectivity index (χ0) is 15.2. The van der Waals surface area contributed by atoms with Crippen LogP contribution in [-0.2, 0) is 14.3 Å². The van der Waals surface area contributed by atoms with Crippen LogP contribution in [-0.4, -0.2) is 47.5 Å². The Bertz CT molecular complexity index is 567. The fraction of sp³-hybridized carbons (Fsp3) is 0.308. The van der Waals surface area contributed by atoms with E-state index in [1.54, 1.807) is 6.07 Å². The molecule has 1 aromatic carbocycles. The van der Waals surface area contributed by atoms with Crippen molar-refractivity contribution in [2.75, 3.05) is 30.8 Å². The van der Waals surface area contributed by atoms with Crippen LogP contribution >= 0.6 is 11.8 Å². The summed E-state index contributed by atoms with van der Waals surface area (Å²) in [5.74, 6) is -1.25. The van der Waals surface area contributed by atoms with Gasteiger partial charge in [0, 0.05) is 12.3 Å². The fourth-order valence-electron chi connectivity index (χ4n) is 1.67. The van der Waals surface area contributed by atoms with Crippen LogP contribution in [0, 0.1) is 5.82 Å². The number of thioether (sulfide) groups is 1. The van der Waals surface area contributed by atoms with E-state index in [4.69, 9.17) is 4.74 Å². The average Bonchev–Trinajstić information content (AvgIpc) is 2.85. The summed E-state index contributed by atoms with van der Waals surface area (Å²) < 4.78 is 18.0. The summed E-state index contributed by atoms with van der Waals surface area (Å²) in [6.07, 6.45) is 0. The molecule has 1 saturated heterocycles. The Morgan fingerprint density at radius 3 is 2.81 bits per heavy atom. The summed E-state index contributed by atoms with van der Waals surface area (Å²) in [5.41, 5.74) is 0.0182. The highest BCUT2D eigenvalue weighted by Crippen LogP contribution is 2.16. The Morgan fingerprint density at radius 2 is 2.14 bits per heavy atom. The van der Waals surface area contributed by atoms with Crippen molar-refractivity contribution in [3.05, 3.63) is 30.1 Å². The lowest BCUT2D eigenvalue weighted by molar-refractivity contribution is -0.147. The molecule has 0 spiro atoms. The topological polar surface area (TPSA) is 75.7 Å². The molecule has 0 radical (unpaired) electrons. The third kappa shape index (κ3) is 4.45. The van der Waals surface area contributed by atoms with E-state index in [9.17, 15) is 18.8 Å². The predicted molar refractivity (Wildman–Crippen MR) is 75.4 cm³/mol. The Hall–Kier alpha value is -2.09. The van der Waals surface area contributed by atoms with Crippen LogP contribution < -0.4 is 5.32 Å². The second kappa shape index (κ2) is 7.07. The second-order valence-corrected chi connectivity index (χ2v) is 5.27. The van der Waals surface area contributed by atoms with Gasteiger partial charge in [0.05, 0.1) is 5.69 Å². The van der Waals surface area contributed by atoms with Crippen LogP contribution in [0.4, 0.5) is 14.9 Å². The summed E-state index contributed by atoms with van der Waals surface area (Å²) >= 11 is 1.13. The molecule has 2 amide bonds. The Labute approximate surface area is 124 Å². The van der Waals surface area contributed by atoms with Gasteiger partial charge in [-0.25, -0.2) is 4.39 Å². The number of hydrogen-bond donors (Lipinski definition) is 1. The molecular weight excluding hydrogens is 299 g/mol. The Kier molecular flexibility index (Phi) is 5.15. The molecule has 21 heavy (non-hydrogen) atoms. The third-order valence-electron chi connectivity index (χ3n) is 2.68. The van der Waals surface area contributed by atoms with Gasteiger partial charge in [0.2, 0.25) is 0 Å². The van der Waals surface area contributed by atoms with Crippen LogP contribution in [0.3, 0.4) is 0 Å². The van der Waals surface area contributed by atoms with E-state index in [1.807, 2.05) is 0 Å². The van der Waals surface area contributed by atoms with E-state index in [0.717, 1.165) is 11.8 Å². The first-order chi connectivity index (χ1) is 10.1. The summed E-state index contributed by atoms with van der Waals surface area (Å²) in [7, 11) is 0. The number of rotatable bonds is 5. The van der Waals surface area contributed by atoms with Crippen LogP contribution in [0.15, 0.2) is 24.3 Å². The van der Waals surface area contributed by atoms with Crippen LogP contribution in [0.25, 0.3) is 0 Å². The van der Waals surface area contributed by atoms with E-state index in [0.29, 0.717) is 12.3 Å². The van der Waals surface area contributed by atoms with Crippen LogP contribution in [0.5, 0.6) is 0 Å². The van der Waals surface area contributed by atoms with E-state index in [2.05, 4.69) is 5.32 Å². The summed E-state index contributed by atoms with van der Waals surface area (Å²) in [5, 5.41) is 2.11. The largest absolute Gasteiger partial charge is 0.454 e. The quantitative estimate of drug-likeness (QED) is 0.833. The van der Waals surface area contributed by atoms with Crippen molar-refractivity contribution < 1.29 is 23.5 Å². The van der Waals surface area contributed by atoms with Gasteiger partial charge in [-0.2, -0.15) is 0 Å². The van der Waals surface area contributed by atoms with Gasteiger partial charge in [-0.3, -0.25) is 14.4 Å². The molecule has 1 aliphatic heterocycles. The predicted octanol–water partition coefficient (Wildman–Crippen LogP) is 1.48. The van der Waals surface area contributed by atoms with Crippen molar-refractivity contribution in [3.8, 4) is 0 Å². The minimum atomic E-state index is -0.672. The molecule has 1 heterocycles. The van der Waals surface area contributed by atoms with Crippen LogP contribution in [0.2, 0.25) is 0 Å². The first-order valence-electron chi connectivity index (χ1n) is 6.18. The summed E-state index contributed by atoms with van der Waals surface area (Å²) in [6.45, 7) is -0.221. The van der Waals surface area contributed by atoms with Crippen molar-refractivity contribution in [1.82, 2.24) is 4.90 Å². The second-order valence-electron chi connectivity index (χ2n) is 4.22. The number of anilines is 1. The highest BCUT2D eigenvalue weighted by Gasteiger charge is 2.24. The maximum atomic E-state index is 13.3. The van der Waals surface area contributed by atoms with Gasteiger partial charge in [0.25, 0.3) is 11.1 Å². The number of carbonyl (C=O) groups is 3. The standard InChI is InChI=1S/C13H13FN2O4S/c14-9-3-1-2-4-10(9)15-11(17)8-20-12(18)7-16-5-6-21-13(16)19/h1-4H,5-8H2,(H,15,17). The molecule has 1 aromatic rings. The monoisotopic (exact) mass is 312 g/mol. The zero-order valence-electron chi connectivity index (χ0n) is 11.0. The normalized spacial score (nSPS) is 14.1. The molecule has 1 aliphatic rings. The summed E-state index contributed by atoms with van der Waals surface area (Å²) in [4.78, 5) is 35.7. The molecule has 0 saturated carbocycles. The molecule has 0 aliphatic carbocycles. The minimum Gasteiger partial charge on any atom is -0.454 e. The fourth-order valence-corrected chi connectivity index (χ4v) is 2.49. The van der Waals surface area contributed by atoms with E-state index < -0.39 is 24.3 Å². The van der Waals surface area contributed by atoms with E-state index in [1.165, 1.54) is 23.1 Å². The molecule has 1 N–H and O–H groups in total. The molecular formula is C13H13FN2O4S. The molecule has 0 unspecified atom stereocenters. The van der Waals surface area contributed by atoms with Crippen molar-refractivity contribution in [3.63, 3.8) is 0 Å². The number of benzene rings is 1. The molecule has 2 rings (SSSR count). The number of halogens is 1. The van der Waals surface area contributed by atoms with Gasteiger partial charge in [-0.15, -0.1) is 0 Å². The minimum absolute atomic E-state index is 0.0182. The van der Waals surface area contributed by atoms with Crippen molar-refractivity contribution in [2.45, 2.75) is 0 Å². The number of esters is 1. The highest BCUT2D eigenvalue weighted by molar-refractivity contribution is 8.13. The van der Waals surface area contributed by atoms with Gasteiger partial charge < -0.3 is 15.0 Å². The average molecular weight is 312 g/mol. The lowest BCUT2D eigenvalue weighted by Gasteiger charge is -2.13. The van der Waals surface area contributed by atoms with Gasteiger partial charge in [-0.05, 0) is 12.1 Å². The summed E-state index contributed by atoms with van der Waals surface area (Å²) in [6, 6.07) is 5.67. The number of nitrogens with zero attached hydrogens (tertiary/aromatic N) is 1. The molecule has 8 heteroatoms. The number of para-hydroxylation sites is 1. The molecule has 1 fully saturated rings. The molecule has 0 aromatic heterocycles. The molecule has 0 atom stereocenters. The van der Waals surface area contributed by atoms with Gasteiger partial charge >= 0.3 is 5.97 Å². The SMILES string of the molecule is O=C(COC(=O)CN1CCSC1=O)Nc1ccccc1F. The zero-order valence-corrected chi connectivity index (χ0v) is 11.8. The number of amides is 2. The third-order valence-corrected chi connectivity index (χ3v) is 3.57. The van der Waals surface area contributed by atoms with Crippen molar-refractivity contribution in [2.24, 2.45) is 0 Å². The highest BCUT2D eigenvalue weighted by atomic mass is 32.2. The Morgan fingerprint density at radius 1 is 1.38 bits per heavy atom. The van der Waals surface area contributed by atoms with Crippen molar-refractivity contribution >= 4 is 34.6 Å². The maximum Gasteiger partial charge on any atom is 0.326 e. The molecule has 112 valence electrons. The molecule has 6 nitrogen and oxygen atoms in total. The van der Waals surface area contributed by atoms with Gasteiger partial charge in [0.15, 0.2) is 6.61 Å². The lowest BCUT2D eigenvalue weighted by Crippen LogP contribution is -2.32. The number of nitrogens with one attached hydrogen (secondary N) is 1. The Balaban J connectivity index is 1.75. The first-order valence-corrected chi connectivity index (χ1v) is 7.16. The van der Waals surface area contributed by atoms with Crippen LogP contribution in [0.1, 0.15) is 0 Å². The van der Waals surface area contributed by atoms with E-state index >= 15 is 0 Å². The number of carbonyl (C=O) groups excluding carboxylic acids is 3. The smallest absolute Gasteiger partial charge is 0.326 e. The number of ether oxygens (including phenoxy) is 1. The maximum absolute atomic E-state index is 13.3. The van der Waals surface area contributed by atoms with Gasteiger partial charge in [0.1, 0.15) is 12.4 Å². The number of hydrogen-bond acceptors (Lipinski definition) is 5.